The van der Waals surface area contributed by atoms with Gasteiger partial charge in [-0.25, -0.2) is 13.1 Å². The van der Waals surface area contributed by atoms with Crippen LogP contribution in [0.3, 0.4) is 0 Å². The topological polar surface area (TPSA) is 58.2 Å². The molecule has 0 bridgehead atoms. The van der Waals surface area contributed by atoms with Crippen LogP contribution in [-0.4, -0.2) is 32.8 Å². The third kappa shape index (κ3) is 5.58. The van der Waals surface area contributed by atoms with Crippen LogP contribution in [0.1, 0.15) is 51.9 Å². The first-order valence-electron chi connectivity index (χ1n) is 7.30. The Hall–Kier alpha value is 0.160. The molecule has 2 unspecified atom stereocenters. The molecule has 4 nitrogen and oxygen atoms in total. The van der Waals surface area contributed by atoms with Gasteiger partial charge < -0.3 is 5.32 Å². The van der Waals surface area contributed by atoms with Crippen molar-refractivity contribution in [3.8, 4) is 0 Å². The lowest BCUT2D eigenvalue weighted by Gasteiger charge is -2.31. The van der Waals surface area contributed by atoms with Gasteiger partial charge in [0.2, 0.25) is 10.0 Å². The second-order valence-electron chi connectivity index (χ2n) is 5.89. The van der Waals surface area contributed by atoms with Crippen LogP contribution in [0, 0.1) is 5.92 Å². The molecular formula is C13H27ClN2O2S. The summed E-state index contributed by atoms with van der Waals surface area (Å²) in [6.45, 7) is 3.06. The van der Waals surface area contributed by atoms with Crippen molar-refractivity contribution in [3.63, 3.8) is 0 Å². The molecule has 6 heteroatoms. The molecular weight excluding hydrogens is 284 g/mol. The zero-order chi connectivity index (χ0) is 13.0. The molecule has 0 aromatic carbocycles. The summed E-state index contributed by atoms with van der Waals surface area (Å²) in [5.41, 5.74) is 0. The minimum Gasteiger partial charge on any atom is -0.313 e. The highest BCUT2D eigenvalue weighted by atomic mass is 35.5. The molecule has 0 radical (unpaired) electrons. The van der Waals surface area contributed by atoms with E-state index in [0.29, 0.717) is 11.7 Å². The molecule has 0 amide bonds. The summed E-state index contributed by atoms with van der Waals surface area (Å²) in [6, 6.07) is 0.326. The minimum absolute atomic E-state index is 0. The molecule has 2 aliphatic rings. The second kappa shape index (κ2) is 7.81. The summed E-state index contributed by atoms with van der Waals surface area (Å²) in [6.07, 6.45) is 7.84. The van der Waals surface area contributed by atoms with Crippen LogP contribution >= 0.6 is 12.4 Å². The highest BCUT2D eigenvalue weighted by Crippen LogP contribution is 2.25. The smallest absolute Gasteiger partial charge is 0.212 e. The summed E-state index contributed by atoms with van der Waals surface area (Å²) in [5, 5.41) is 3.33. The van der Waals surface area contributed by atoms with E-state index in [1.807, 2.05) is 0 Å². The van der Waals surface area contributed by atoms with E-state index in [2.05, 4.69) is 17.0 Å². The number of halogens is 1. The van der Waals surface area contributed by atoms with Crippen LogP contribution in [0.4, 0.5) is 0 Å². The Balaban J connectivity index is 0.00000180. The van der Waals surface area contributed by atoms with Gasteiger partial charge in [-0.15, -0.1) is 12.4 Å². The Morgan fingerprint density at radius 3 is 2.42 bits per heavy atom. The maximum atomic E-state index is 12.2. The summed E-state index contributed by atoms with van der Waals surface area (Å²) in [4.78, 5) is 0. The van der Waals surface area contributed by atoms with Crippen LogP contribution in [0.25, 0.3) is 0 Å². The standard InChI is InChI=1S/C13H26N2O2S.ClH/c1-11-13(8-5-9-14-11)15-18(16,17)10-12-6-3-2-4-7-12;/h11-15H,2-10H2,1H3;1H. The van der Waals surface area contributed by atoms with Crippen molar-refractivity contribution in [2.75, 3.05) is 12.3 Å². The van der Waals surface area contributed by atoms with E-state index in [-0.39, 0.29) is 24.5 Å². The lowest BCUT2D eigenvalue weighted by molar-refractivity contribution is 0.344. The molecule has 0 spiro atoms. The van der Waals surface area contributed by atoms with Gasteiger partial charge in [0.15, 0.2) is 0 Å². The van der Waals surface area contributed by atoms with Crippen LogP contribution < -0.4 is 10.0 Å². The molecule has 19 heavy (non-hydrogen) atoms. The van der Waals surface area contributed by atoms with Gasteiger partial charge in [-0.1, -0.05) is 19.3 Å². The summed E-state index contributed by atoms with van der Waals surface area (Å²) < 4.78 is 27.2. The van der Waals surface area contributed by atoms with Crippen LogP contribution in [0.2, 0.25) is 0 Å². The van der Waals surface area contributed by atoms with E-state index < -0.39 is 10.0 Å². The van der Waals surface area contributed by atoms with Crippen molar-refractivity contribution in [1.82, 2.24) is 10.0 Å². The number of rotatable bonds is 4. The quantitative estimate of drug-likeness (QED) is 0.835. The van der Waals surface area contributed by atoms with E-state index >= 15 is 0 Å². The Labute approximate surface area is 123 Å². The van der Waals surface area contributed by atoms with Crippen LogP contribution in [0.5, 0.6) is 0 Å². The van der Waals surface area contributed by atoms with Crippen molar-refractivity contribution < 1.29 is 8.42 Å². The number of hydrogen-bond donors (Lipinski definition) is 2. The summed E-state index contributed by atoms with van der Waals surface area (Å²) >= 11 is 0. The SMILES string of the molecule is CC1NCCCC1NS(=O)(=O)CC1CCCCC1.Cl. The van der Waals surface area contributed by atoms with Gasteiger partial charge in [-0.05, 0) is 45.1 Å². The Kier molecular flexibility index (Phi) is 7.08. The molecule has 0 aromatic rings. The van der Waals surface area contributed by atoms with E-state index in [0.717, 1.165) is 32.2 Å². The zero-order valence-corrected chi connectivity index (χ0v) is 13.4. The van der Waals surface area contributed by atoms with E-state index in [4.69, 9.17) is 0 Å². The van der Waals surface area contributed by atoms with Crippen molar-refractivity contribution in [3.05, 3.63) is 0 Å². The molecule has 114 valence electrons. The number of piperidine rings is 1. The van der Waals surface area contributed by atoms with Gasteiger partial charge in [0, 0.05) is 12.1 Å². The number of hydrogen-bond acceptors (Lipinski definition) is 3. The molecule has 1 saturated carbocycles. The lowest BCUT2D eigenvalue weighted by Crippen LogP contribution is -2.52. The average molecular weight is 311 g/mol. The molecule has 2 fully saturated rings. The molecule has 2 N–H and O–H groups in total. The van der Waals surface area contributed by atoms with Gasteiger partial charge in [0.1, 0.15) is 0 Å². The fourth-order valence-corrected chi connectivity index (χ4v) is 4.98. The number of sulfonamides is 1. The number of nitrogens with one attached hydrogen (secondary N) is 2. The molecule has 0 aromatic heterocycles. The van der Waals surface area contributed by atoms with Crippen LogP contribution in [-0.2, 0) is 10.0 Å². The van der Waals surface area contributed by atoms with Crippen molar-refractivity contribution in [2.24, 2.45) is 5.92 Å². The first-order valence-corrected chi connectivity index (χ1v) is 8.95. The van der Waals surface area contributed by atoms with Gasteiger partial charge in [-0.2, -0.15) is 0 Å². The molecule has 1 saturated heterocycles. The van der Waals surface area contributed by atoms with Crippen molar-refractivity contribution >= 4 is 22.4 Å². The lowest BCUT2D eigenvalue weighted by atomic mass is 9.91. The fraction of sp³-hybridized carbons (Fsp3) is 1.00. The summed E-state index contributed by atoms with van der Waals surface area (Å²) in [7, 11) is -3.10. The Bertz CT molecular complexity index is 356. The van der Waals surface area contributed by atoms with Gasteiger partial charge >= 0.3 is 0 Å². The third-order valence-electron chi connectivity index (χ3n) is 4.27. The molecule has 1 aliphatic heterocycles. The first-order chi connectivity index (χ1) is 8.57. The van der Waals surface area contributed by atoms with Crippen molar-refractivity contribution in [2.45, 2.75) is 64.0 Å². The fourth-order valence-electron chi connectivity index (χ4n) is 3.15. The highest BCUT2D eigenvalue weighted by Gasteiger charge is 2.27. The minimum atomic E-state index is -3.10. The molecule has 2 atom stereocenters. The maximum Gasteiger partial charge on any atom is 0.212 e. The average Bonchev–Trinajstić information content (AvgIpc) is 2.32. The molecule has 1 heterocycles. The third-order valence-corrected chi connectivity index (χ3v) is 5.84. The second-order valence-corrected chi connectivity index (χ2v) is 7.69. The largest absolute Gasteiger partial charge is 0.313 e. The van der Waals surface area contributed by atoms with Gasteiger partial charge in [-0.3, -0.25) is 0 Å². The molecule has 2 rings (SSSR count). The maximum absolute atomic E-state index is 12.2. The van der Waals surface area contributed by atoms with Gasteiger partial charge in [0.05, 0.1) is 5.75 Å². The van der Waals surface area contributed by atoms with Gasteiger partial charge in [0.25, 0.3) is 0 Å². The monoisotopic (exact) mass is 310 g/mol. The molecule has 1 aliphatic carbocycles. The Morgan fingerprint density at radius 1 is 1.11 bits per heavy atom. The van der Waals surface area contributed by atoms with Crippen molar-refractivity contribution in [1.29, 1.82) is 0 Å². The zero-order valence-electron chi connectivity index (χ0n) is 11.7. The first kappa shape index (κ1) is 17.2. The highest BCUT2D eigenvalue weighted by molar-refractivity contribution is 7.89. The Morgan fingerprint density at radius 2 is 1.79 bits per heavy atom. The van der Waals surface area contributed by atoms with E-state index in [1.54, 1.807) is 0 Å². The normalized spacial score (nSPS) is 29.7. The van der Waals surface area contributed by atoms with Crippen LogP contribution in [0.15, 0.2) is 0 Å². The summed E-state index contributed by atoms with van der Waals surface area (Å²) in [5.74, 6) is 0.707. The predicted molar refractivity (Wildman–Crippen MR) is 81.2 cm³/mol. The predicted octanol–water partition coefficient (Wildman–Crippen LogP) is 2.05. The van der Waals surface area contributed by atoms with E-state index in [9.17, 15) is 8.42 Å². The van der Waals surface area contributed by atoms with E-state index in [1.165, 1.54) is 19.3 Å².